The number of rotatable bonds is 5. The topological polar surface area (TPSA) is 25.0 Å². The minimum absolute atomic E-state index is 0.634. The highest BCUT2D eigenvalue weighted by molar-refractivity contribution is 6.58. The summed E-state index contributed by atoms with van der Waals surface area (Å²) >= 11 is 0. The zero-order chi connectivity index (χ0) is 16.4. The summed E-state index contributed by atoms with van der Waals surface area (Å²) in [6.07, 6.45) is 6.46. The highest BCUT2D eigenvalue weighted by Crippen LogP contribution is 2.27. The van der Waals surface area contributed by atoms with Crippen molar-refractivity contribution in [2.75, 3.05) is 6.61 Å². The average Bonchev–Trinajstić information content (AvgIpc) is 3.00. The smallest absolute Gasteiger partial charge is 0.0686 e. The molecule has 1 saturated heterocycles. The lowest BCUT2D eigenvalue weighted by Gasteiger charge is -2.27. The summed E-state index contributed by atoms with van der Waals surface area (Å²) in [6, 6.07) is 16.9. The van der Waals surface area contributed by atoms with Gasteiger partial charge in [-0.05, 0) is 49.4 Å². The molecule has 2 aromatic carbocycles. The van der Waals surface area contributed by atoms with Crippen LogP contribution in [0.2, 0.25) is 12.6 Å². The second kappa shape index (κ2) is 7.12. The van der Waals surface area contributed by atoms with Crippen molar-refractivity contribution in [3.05, 3.63) is 48.0 Å². The van der Waals surface area contributed by atoms with Crippen LogP contribution in [0.15, 0.2) is 42.5 Å². The lowest BCUT2D eigenvalue weighted by molar-refractivity contribution is 0.0625. The summed E-state index contributed by atoms with van der Waals surface area (Å²) in [5, 5.41) is 2.71. The summed E-state index contributed by atoms with van der Waals surface area (Å²) in [4.78, 5) is 3.51. The predicted octanol–water partition coefficient (Wildman–Crippen LogP) is 5.22. The van der Waals surface area contributed by atoms with E-state index >= 15 is 0 Å². The van der Waals surface area contributed by atoms with E-state index in [-0.39, 0.29) is 0 Å². The van der Waals surface area contributed by atoms with Gasteiger partial charge in [0.25, 0.3) is 0 Å². The Labute approximate surface area is 145 Å². The zero-order valence-corrected chi connectivity index (χ0v) is 15.7. The summed E-state index contributed by atoms with van der Waals surface area (Å²) in [7, 11) is -0.731. The van der Waals surface area contributed by atoms with E-state index in [0.29, 0.717) is 5.73 Å². The third-order valence-electron chi connectivity index (χ3n) is 5.55. The molecule has 126 valence electrons. The molecule has 3 aromatic rings. The lowest BCUT2D eigenvalue weighted by Crippen LogP contribution is -2.33. The fourth-order valence-electron chi connectivity index (χ4n) is 4.08. The molecule has 1 aliphatic rings. The maximum atomic E-state index is 6.00. The van der Waals surface area contributed by atoms with Gasteiger partial charge in [-0.1, -0.05) is 43.3 Å². The quantitative estimate of drug-likeness (QED) is 0.634. The zero-order valence-electron chi connectivity index (χ0n) is 14.6. The van der Waals surface area contributed by atoms with Crippen LogP contribution in [0.1, 0.15) is 31.2 Å². The van der Waals surface area contributed by atoms with Crippen LogP contribution in [0.5, 0.6) is 0 Å². The molecule has 0 amide bonds. The van der Waals surface area contributed by atoms with E-state index in [2.05, 4.69) is 54.0 Å². The summed E-state index contributed by atoms with van der Waals surface area (Å²) in [6.45, 7) is 3.50. The van der Waals surface area contributed by atoms with Crippen LogP contribution >= 0.6 is 0 Å². The molecule has 0 saturated carbocycles. The maximum Gasteiger partial charge on any atom is 0.0686 e. The van der Waals surface area contributed by atoms with Crippen LogP contribution in [-0.4, -0.2) is 26.1 Å². The molecule has 1 aromatic heterocycles. The molecule has 1 N–H and O–H groups in total. The van der Waals surface area contributed by atoms with E-state index in [1.54, 1.807) is 0 Å². The van der Waals surface area contributed by atoms with E-state index < -0.39 is 8.80 Å². The van der Waals surface area contributed by atoms with Crippen LogP contribution in [0.3, 0.4) is 0 Å². The van der Waals surface area contributed by atoms with Gasteiger partial charge in [0.1, 0.15) is 0 Å². The number of aromatic nitrogens is 1. The number of H-pyrrole nitrogens is 1. The Morgan fingerprint density at radius 2 is 1.96 bits per heavy atom. The van der Waals surface area contributed by atoms with Crippen molar-refractivity contribution >= 4 is 30.6 Å². The Balaban J connectivity index is 1.42. The minimum Gasteiger partial charge on any atom is -0.382 e. The first-order valence-corrected chi connectivity index (χ1v) is 12.1. The van der Waals surface area contributed by atoms with Crippen molar-refractivity contribution in [3.8, 4) is 0 Å². The number of ether oxygens (including phenoxy) is 1. The summed E-state index contributed by atoms with van der Waals surface area (Å²) < 4.78 is 6.00. The van der Waals surface area contributed by atoms with Crippen molar-refractivity contribution in [2.45, 2.75) is 50.4 Å². The monoisotopic (exact) mass is 337 g/mol. The molecule has 0 bridgehead atoms. The van der Waals surface area contributed by atoms with Gasteiger partial charge in [0, 0.05) is 34.1 Å². The Kier molecular flexibility index (Phi) is 4.72. The first kappa shape index (κ1) is 15.9. The number of nitrogens with one attached hydrogen (secondary N) is 1. The second-order valence-electron chi connectivity index (χ2n) is 7.33. The summed E-state index contributed by atoms with van der Waals surface area (Å²) in [5.74, 6) is 0. The third kappa shape index (κ3) is 3.28. The Hall–Kier alpha value is -1.58. The average molecular weight is 338 g/mol. The third-order valence-corrected chi connectivity index (χ3v) is 8.66. The molecule has 0 spiro atoms. The van der Waals surface area contributed by atoms with Crippen LogP contribution in [0, 0.1) is 0 Å². The minimum atomic E-state index is -0.731. The van der Waals surface area contributed by atoms with Gasteiger partial charge >= 0.3 is 0 Å². The molecule has 4 rings (SSSR count). The van der Waals surface area contributed by atoms with Crippen molar-refractivity contribution in [3.63, 3.8) is 0 Å². The maximum absolute atomic E-state index is 6.00. The molecular weight excluding hydrogens is 310 g/mol. The van der Waals surface area contributed by atoms with Gasteiger partial charge in [-0.15, -0.1) is 0 Å². The van der Waals surface area contributed by atoms with E-state index in [1.807, 2.05) is 0 Å². The predicted molar refractivity (Wildman–Crippen MR) is 106 cm³/mol. The van der Waals surface area contributed by atoms with Gasteiger partial charge < -0.3 is 9.72 Å². The molecule has 24 heavy (non-hydrogen) atoms. The highest BCUT2D eigenvalue weighted by atomic mass is 28.3. The number of hydrogen-bond donors (Lipinski definition) is 1. The lowest BCUT2D eigenvalue weighted by atomic mass is 10.1. The highest BCUT2D eigenvalue weighted by Gasteiger charge is 2.21. The molecule has 2 unspecified atom stereocenters. The molecule has 0 aliphatic carbocycles. The van der Waals surface area contributed by atoms with Crippen molar-refractivity contribution in [1.82, 2.24) is 4.98 Å². The molecule has 2 nitrogen and oxygen atoms in total. The van der Waals surface area contributed by atoms with Crippen LogP contribution in [-0.2, 0) is 11.2 Å². The van der Waals surface area contributed by atoms with Crippen LogP contribution in [0.25, 0.3) is 21.8 Å². The molecular formula is C21H27NOSi. The molecule has 3 heteroatoms. The summed E-state index contributed by atoms with van der Waals surface area (Å²) in [5.41, 5.74) is 4.59. The van der Waals surface area contributed by atoms with E-state index in [1.165, 1.54) is 65.5 Å². The van der Waals surface area contributed by atoms with Gasteiger partial charge in [0.05, 0.1) is 8.80 Å². The number of para-hydroxylation sites is 1. The van der Waals surface area contributed by atoms with Gasteiger partial charge in [-0.25, -0.2) is 0 Å². The fourth-order valence-corrected chi connectivity index (χ4v) is 6.57. The van der Waals surface area contributed by atoms with Crippen molar-refractivity contribution in [1.29, 1.82) is 0 Å². The fraction of sp³-hybridized carbons (Fsp3) is 0.429. The van der Waals surface area contributed by atoms with Gasteiger partial charge in [0.2, 0.25) is 0 Å². The van der Waals surface area contributed by atoms with Gasteiger partial charge in [-0.2, -0.15) is 0 Å². The first-order chi connectivity index (χ1) is 11.8. The second-order valence-corrected chi connectivity index (χ2v) is 10.6. The Bertz CT molecular complexity index is 819. The number of aryl methyl sites for hydroxylation is 1. The molecule has 2 heterocycles. The number of fused-ring (bicyclic) bond motifs is 3. The van der Waals surface area contributed by atoms with Crippen molar-refractivity contribution < 1.29 is 4.74 Å². The van der Waals surface area contributed by atoms with E-state index in [4.69, 9.17) is 4.74 Å². The van der Waals surface area contributed by atoms with Crippen LogP contribution in [0.4, 0.5) is 0 Å². The molecule has 2 atom stereocenters. The van der Waals surface area contributed by atoms with E-state index in [9.17, 15) is 0 Å². The standard InChI is InChI=1S/C21H27NOSi/c1-24(21-10-4-5-13-23-21)14-6-7-16-11-12-20-18(15-16)17-8-2-3-9-19(17)22-20/h2-3,8-9,11-12,15,21-22,24H,4-7,10,13-14H2,1H3. The number of benzene rings is 2. The Morgan fingerprint density at radius 3 is 2.83 bits per heavy atom. The number of aromatic amines is 1. The normalized spacial score (nSPS) is 19.8. The molecule has 1 aliphatic heterocycles. The van der Waals surface area contributed by atoms with Gasteiger partial charge in [0.15, 0.2) is 0 Å². The molecule has 1 fully saturated rings. The van der Waals surface area contributed by atoms with Gasteiger partial charge in [-0.3, -0.25) is 0 Å². The van der Waals surface area contributed by atoms with Crippen molar-refractivity contribution in [2.24, 2.45) is 0 Å². The largest absolute Gasteiger partial charge is 0.382 e. The van der Waals surface area contributed by atoms with Crippen LogP contribution < -0.4 is 0 Å². The van der Waals surface area contributed by atoms with E-state index in [0.717, 1.165) is 6.61 Å². The SMILES string of the molecule is C[SiH](CCCc1ccc2[nH]c3ccccc3c2c1)C1CCCCO1. The molecule has 0 radical (unpaired) electrons. The first-order valence-electron chi connectivity index (χ1n) is 9.42. The number of hydrogen-bond acceptors (Lipinski definition) is 1. The Morgan fingerprint density at radius 1 is 1.08 bits per heavy atom.